The zero-order chi connectivity index (χ0) is 8.55. The third-order valence-electron chi connectivity index (χ3n) is 2.73. The largest absolute Gasteiger partial charge is 0.314 e. The summed E-state index contributed by atoms with van der Waals surface area (Å²) in [7, 11) is 0. The SMILES string of the molecule is CC1=NC2CCCCC2C(=O)N1. The Morgan fingerprint density at radius 3 is 3.00 bits per heavy atom. The molecule has 3 nitrogen and oxygen atoms in total. The zero-order valence-corrected chi connectivity index (χ0v) is 7.34. The summed E-state index contributed by atoms with van der Waals surface area (Å²) < 4.78 is 0. The summed E-state index contributed by atoms with van der Waals surface area (Å²) >= 11 is 0. The van der Waals surface area contributed by atoms with E-state index in [1.807, 2.05) is 6.92 Å². The first-order valence-corrected chi connectivity index (χ1v) is 4.62. The number of nitrogens with zero attached hydrogens (tertiary/aromatic N) is 1. The quantitative estimate of drug-likeness (QED) is 0.575. The van der Waals surface area contributed by atoms with E-state index < -0.39 is 0 Å². The fraction of sp³-hybridized carbons (Fsp3) is 0.778. The first kappa shape index (κ1) is 7.77. The van der Waals surface area contributed by atoms with E-state index in [-0.39, 0.29) is 17.9 Å². The van der Waals surface area contributed by atoms with Crippen LogP contribution < -0.4 is 5.32 Å². The minimum atomic E-state index is 0.169. The van der Waals surface area contributed by atoms with Crippen LogP contribution in [0.1, 0.15) is 32.6 Å². The Balaban J connectivity index is 2.19. The first-order chi connectivity index (χ1) is 5.77. The lowest BCUT2D eigenvalue weighted by atomic mass is 9.83. The lowest BCUT2D eigenvalue weighted by Crippen LogP contribution is -2.45. The van der Waals surface area contributed by atoms with E-state index in [0.29, 0.717) is 0 Å². The van der Waals surface area contributed by atoms with Gasteiger partial charge < -0.3 is 5.32 Å². The molecule has 0 aromatic carbocycles. The van der Waals surface area contributed by atoms with E-state index >= 15 is 0 Å². The van der Waals surface area contributed by atoms with Crippen molar-refractivity contribution in [1.29, 1.82) is 0 Å². The highest BCUT2D eigenvalue weighted by Gasteiger charge is 2.33. The van der Waals surface area contributed by atoms with E-state index in [0.717, 1.165) is 18.7 Å². The Labute approximate surface area is 72.3 Å². The minimum absolute atomic E-state index is 0.169. The number of amidine groups is 1. The molecule has 0 bridgehead atoms. The van der Waals surface area contributed by atoms with E-state index in [1.54, 1.807) is 0 Å². The number of carbonyl (C=O) groups is 1. The zero-order valence-electron chi connectivity index (χ0n) is 7.34. The summed E-state index contributed by atoms with van der Waals surface area (Å²) in [4.78, 5) is 15.9. The number of rotatable bonds is 0. The number of amides is 1. The molecular formula is C9H14N2O. The molecule has 1 amide bonds. The van der Waals surface area contributed by atoms with Gasteiger partial charge in [-0.15, -0.1) is 0 Å². The van der Waals surface area contributed by atoms with Gasteiger partial charge in [0.1, 0.15) is 5.84 Å². The monoisotopic (exact) mass is 166 g/mol. The van der Waals surface area contributed by atoms with Crippen LogP contribution in [0.25, 0.3) is 0 Å². The molecule has 12 heavy (non-hydrogen) atoms. The molecule has 0 aromatic heterocycles. The molecule has 2 rings (SSSR count). The Morgan fingerprint density at radius 1 is 1.42 bits per heavy atom. The van der Waals surface area contributed by atoms with Crippen molar-refractivity contribution in [2.24, 2.45) is 10.9 Å². The summed E-state index contributed by atoms with van der Waals surface area (Å²) in [6, 6.07) is 0.285. The van der Waals surface area contributed by atoms with Crippen LogP contribution >= 0.6 is 0 Å². The van der Waals surface area contributed by atoms with Gasteiger partial charge >= 0.3 is 0 Å². The van der Waals surface area contributed by atoms with Gasteiger partial charge in [-0.05, 0) is 19.8 Å². The molecule has 0 radical (unpaired) electrons. The van der Waals surface area contributed by atoms with Crippen LogP contribution in [0.4, 0.5) is 0 Å². The molecule has 66 valence electrons. The Bertz CT molecular complexity index is 235. The van der Waals surface area contributed by atoms with Crippen LogP contribution in [-0.2, 0) is 4.79 Å². The lowest BCUT2D eigenvalue weighted by Gasteiger charge is -2.31. The summed E-state index contributed by atoms with van der Waals surface area (Å²) in [5.41, 5.74) is 0. The fourth-order valence-corrected chi connectivity index (χ4v) is 2.12. The van der Waals surface area contributed by atoms with Crippen LogP contribution in [0.2, 0.25) is 0 Å². The molecule has 1 heterocycles. The maximum atomic E-state index is 11.4. The second-order valence-electron chi connectivity index (χ2n) is 3.66. The van der Waals surface area contributed by atoms with Crippen molar-refractivity contribution in [3.05, 3.63) is 0 Å². The molecule has 1 fully saturated rings. The summed E-state index contributed by atoms with van der Waals surface area (Å²) in [5, 5.41) is 2.79. The Kier molecular flexibility index (Phi) is 1.87. The standard InChI is InChI=1S/C9H14N2O/c1-6-10-8-5-3-2-4-7(8)9(12)11-6/h7-8H,2-5H2,1H3,(H,10,11,12). The fourth-order valence-electron chi connectivity index (χ4n) is 2.12. The average Bonchev–Trinajstić information content (AvgIpc) is 2.04. The molecule has 2 atom stereocenters. The van der Waals surface area contributed by atoms with Crippen molar-refractivity contribution in [3.63, 3.8) is 0 Å². The van der Waals surface area contributed by atoms with Crippen molar-refractivity contribution < 1.29 is 4.79 Å². The number of nitrogens with one attached hydrogen (secondary N) is 1. The Morgan fingerprint density at radius 2 is 2.17 bits per heavy atom. The highest BCUT2D eigenvalue weighted by molar-refractivity contribution is 6.00. The van der Waals surface area contributed by atoms with Gasteiger partial charge in [-0.3, -0.25) is 9.79 Å². The third-order valence-corrected chi connectivity index (χ3v) is 2.73. The molecule has 0 spiro atoms. The minimum Gasteiger partial charge on any atom is -0.314 e. The van der Waals surface area contributed by atoms with Gasteiger partial charge in [0.15, 0.2) is 0 Å². The topological polar surface area (TPSA) is 41.5 Å². The second kappa shape index (κ2) is 2.88. The predicted octanol–water partition coefficient (Wildman–Crippen LogP) is 1.09. The summed E-state index contributed by atoms with van der Waals surface area (Å²) in [5.74, 6) is 1.15. The number of hydrogen-bond acceptors (Lipinski definition) is 2. The molecule has 1 aliphatic heterocycles. The van der Waals surface area contributed by atoms with Gasteiger partial charge in [0.2, 0.25) is 5.91 Å². The van der Waals surface area contributed by atoms with Crippen LogP contribution in [-0.4, -0.2) is 17.8 Å². The average molecular weight is 166 g/mol. The van der Waals surface area contributed by atoms with E-state index in [1.165, 1.54) is 12.8 Å². The van der Waals surface area contributed by atoms with E-state index in [4.69, 9.17) is 0 Å². The van der Waals surface area contributed by atoms with Gasteiger partial charge in [-0.25, -0.2) is 0 Å². The molecule has 1 N–H and O–H groups in total. The van der Waals surface area contributed by atoms with Gasteiger partial charge in [-0.1, -0.05) is 12.8 Å². The van der Waals surface area contributed by atoms with Gasteiger partial charge in [0.25, 0.3) is 0 Å². The number of aliphatic imine (C=N–C) groups is 1. The molecule has 3 heteroatoms. The normalized spacial score (nSPS) is 35.1. The number of fused-ring (bicyclic) bond motifs is 1. The lowest BCUT2D eigenvalue weighted by molar-refractivity contribution is -0.125. The molecule has 1 saturated carbocycles. The molecule has 0 saturated heterocycles. The molecule has 0 aromatic rings. The van der Waals surface area contributed by atoms with Crippen LogP contribution in [0.15, 0.2) is 4.99 Å². The van der Waals surface area contributed by atoms with Crippen molar-refractivity contribution in [2.45, 2.75) is 38.6 Å². The van der Waals surface area contributed by atoms with Crippen molar-refractivity contribution in [1.82, 2.24) is 5.32 Å². The maximum absolute atomic E-state index is 11.4. The van der Waals surface area contributed by atoms with Crippen molar-refractivity contribution in [3.8, 4) is 0 Å². The first-order valence-electron chi connectivity index (χ1n) is 4.62. The van der Waals surface area contributed by atoms with Crippen molar-refractivity contribution >= 4 is 11.7 Å². The number of hydrogen-bond donors (Lipinski definition) is 1. The highest BCUT2D eigenvalue weighted by atomic mass is 16.2. The van der Waals surface area contributed by atoms with Gasteiger partial charge in [0.05, 0.1) is 12.0 Å². The molecular weight excluding hydrogens is 152 g/mol. The summed E-state index contributed by atoms with van der Waals surface area (Å²) in [6.07, 6.45) is 4.52. The van der Waals surface area contributed by atoms with E-state index in [2.05, 4.69) is 10.3 Å². The smallest absolute Gasteiger partial charge is 0.230 e. The summed E-state index contributed by atoms with van der Waals surface area (Å²) in [6.45, 7) is 1.86. The highest BCUT2D eigenvalue weighted by Crippen LogP contribution is 2.28. The molecule has 2 unspecified atom stereocenters. The molecule has 2 aliphatic rings. The van der Waals surface area contributed by atoms with Gasteiger partial charge in [-0.2, -0.15) is 0 Å². The third kappa shape index (κ3) is 1.24. The maximum Gasteiger partial charge on any atom is 0.230 e. The number of carbonyl (C=O) groups excluding carboxylic acids is 1. The predicted molar refractivity (Wildman–Crippen MR) is 47.0 cm³/mol. The van der Waals surface area contributed by atoms with Crippen LogP contribution in [0.5, 0.6) is 0 Å². The Hall–Kier alpha value is -0.860. The van der Waals surface area contributed by atoms with E-state index in [9.17, 15) is 4.79 Å². The second-order valence-corrected chi connectivity index (χ2v) is 3.66. The van der Waals surface area contributed by atoms with Crippen LogP contribution in [0.3, 0.4) is 0 Å². The van der Waals surface area contributed by atoms with Crippen molar-refractivity contribution in [2.75, 3.05) is 0 Å². The van der Waals surface area contributed by atoms with Gasteiger partial charge in [0, 0.05) is 0 Å². The van der Waals surface area contributed by atoms with Crippen LogP contribution in [0, 0.1) is 5.92 Å². The molecule has 1 aliphatic carbocycles.